The highest BCUT2D eigenvalue weighted by molar-refractivity contribution is 4.52. The van der Waals surface area contributed by atoms with Crippen molar-refractivity contribution in [3.63, 3.8) is 0 Å². The first kappa shape index (κ1) is 8.88. The van der Waals surface area contributed by atoms with Crippen molar-refractivity contribution in [2.24, 2.45) is 0 Å². The molecule has 0 N–H and O–H groups in total. The molecule has 1 unspecified atom stereocenters. The summed E-state index contributed by atoms with van der Waals surface area (Å²) >= 11 is 0. The Hall–Kier alpha value is -0.120. The Morgan fingerprint density at radius 2 is 2.11 bits per heavy atom. The fourth-order valence-electron chi connectivity index (χ4n) is 0.483. The fraction of sp³-hybridized carbons (Fsp3) is 1.00. The van der Waals surface area contributed by atoms with Gasteiger partial charge in [0.1, 0.15) is 0 Å². The van der Waals surface area contributed by atoms with Crippen LogP contribution < -0.4 is 5.32 Å². The molecule has 0 aromatic heterocycles. The SMILES string of the molecule is CCOC(C)([N]C)OC. The van der Waals surface area contributed by atoms with Gasteiger partial charge in [-0.3, -0.25) is 0 Å². The topological polar surface area (TPSA) is 32.6 Å². The molecule has 0 spiro atoms. The van der Waals surface area contributed by atoms with Crippen LogP contribution in [0.5, 0.6) is 0 Å². The van der Waals surface area contributed by atoms with Gasteiger partial charge in [0.05, 0.1) is 0 Å². The lowest BCUT2D eigenvalue weighted by Crippen LogP contribution is -2.39. The molecule has 0 heterocycles. The summed E-state index contributed by atoms with van der Waals surface area (Å²) in [7, 11) is 3.24. The van der Waals surface area contributed by atoms with Crippen molar-refractivity contribution >= 4 is 0 Å². The molecular weight excluding hydrogens is 118 g/mol. The number of hydrogen-bond acceptors (Lipinski definition) is 2. The van der Waals surface area contributed by atoms with Crippen LogP contribution in [0.4, 0.5) is 0 Å². The van der Waals surface area contributed by atoms with E-state index in [1.54, 1.807) is 21.1 Å². The highest BCUT2D eigenvalue weighted by Gasteiger charge is 2.21. The van der Waals surface area contributed by atoms with Crippen LogP contribution in [0.2, 0.25) is 0 Å². The predicted octanol–water partition coefficient (Wildman–Crippen LogP) is 0.577. The lowest BCUT2D eigenvalue weighted by atomic mass is 10.5. The molecule has 0 aliphatic heterocycles. The largest absolute Gasteiger partial charge is 0.340 e. The molecule has 0 aliphatic rings. The van der Waals surface area contributed by atoms with Gasteiger partial charge in [-0.2, -0.15) is 5.32 Å². The van der Waals surface area contributed by atoms with Gasteiger partial charge in [-0.1, -0.05) is 0 Å². The maximum Gasteiger partial charge on any atom is 0.239 e. The quantitative estimate of drug-likeness (QED) is 0.524. The summed E-state index contributed by atoms with van der Waals surface area (Å²) in [6.07, 6.45) is 0. The Morgan fingerprint density at radius 1 is 1.56 bits per heavy atom. The van der Waals surface area contributed by atoms with Gasteiger partial charge in [0.25, 0.3) is 0 Å². The molecule has 55 valence electrons. The first-order valence-corrected chi connectivity index (χ1v) is 2.98. The van der Waals surface area contributed by atoms with Crippen LogP contribution in [-0.4, -0.2) is 26.7 Å². The van der Waals surface area contributed by atoms with Gasteiger partial charge in [0, 0.05) is 27.7 Å². The van der Waals surface area contributed by atoms with E-state index in [0.717, 1.165) is 0 Å². The van der Waals surface area contributed by atoms with Crippen LogP contribution in [0.25, 0.3) is 0 Å². The molecule has 3 heteroatoms. The van der Waals surface area contributed by atoms with Gasteiger partial charge in [0.15, 0.2) is 0 Å². The van der Waals surface area contributed by atoms with Crippen molar-refractivity contribution in [2.45, 2.75) is 19.8 Å². The molecule has 0 bridgehead atoms. The lowest BCUT2D eigenvalue weighted by molar-refractivity contribution is -0.226. The van der Waals surface area contributed by atoms with Crippen LogP contribution in [0.15, 0.2) is 0 Å². The Bertz CT molecular complexity index is 71.5. The van der Waals surface area contributed by atoms with Crippen molar-refractivity contribution in [3.05, 3.63) is 0 Å². The number of rotatable bonds is 4. The second-order valence-corrected chi connectivity index (χ2v) is 1.76. The summed E-state index contributed by atoms with van der Waals surface area (Å²) in [6, 6.07) is 0. The third-order valence-electron chi connectivity index (χ3n) is 1.20. The normalized spacial score (nSPS) is 17.3. The highest BCUT2D eigenvalue weighted by atomic mass is 16.7. The highest BCUT2D eigenvalue weighted by Crippen LogP contribution is 2.05. The van der Waals surface area contributed by atoms with E-state index in [9.17, 15) is 0 Å². The minimum absolute atomic E-state index is 0.613. The number of nitrogens with zero attached hydrogens (tertiary/aromatic N) is 1. The molecule has 0 amide bonds. The molecule has 0 fully saturated rings. The average Bonchev–Trinajstić information content (AvgIpc) is 1.89. The summed E-state index contributed by atoms with van der Waals surface area (Å²) in [6.45, 7) is 4.29. The standard InChI is InChI=1S/C6H14NO2/c1-5-9-6(2,7-3)8-4/h5H2,1-4H3. The third-order valence-corrected chi connectivity index (χ3v) is 1.20. The molecule has 0 rings (SSSR count). The van der Waals surface area contributed by atoms with Gasteiger partial charge in [0.2, 0.25) is 5.91 Å². The van der Waals surface area contributed by atoms with Crippen LogP contribution in [0.1, 0.15) is 13.8 Å². The molecule has 9 heavy (non-hydrogen) atoms. The Morgan fingerprint density at radius 3 is 2.22 bits per heavy atom. The van der Waals surface area contributed by atoms with E-state index in [1.165, 1.54) is 0 Å². The van der Waals surface area contributed by atoms with Crippen LogP contribution >= 0.6 is 0 Å². The minimum Gasteiger partial charge on any atom is -0.340 e. The van der Waals surface area contributed by atoms with Gasteiger partial charge in [-0.15, -0.1) is 0 Å². The summed E-state index contributed by atoms with van der Waals surface area (Å²) in [5, 5.41) is 3.88. The zero-order valence-electron chi connectivity index (χ0n) is 6.47. The third kappa shape index (κ3) is 2.79. The van der Waals surface area contributed by atoms with Crippen molar-refractivity contribution in [1.82, 2.24) is 5.32 Å². The van der Waals surface area contributed by atoms with Gasteiger partial charge in [-0.05, 0) is 6.92 Å². The Kier molecular flexibility index (Phi) is 3.77. The molecule has 1 atom stereocenters. The molecule has 0 aromatic rings. The maximum atomic E-state index is 5.14. The molecule has 0 saturated heterocycles. The van der Waals surface area contributed by atoms with Crippen molar-refractivity contribution in [1.29, 1.82) is 0 Å². The molecule has 0 aromatic carbocycles. The van der Waals surface area contributed by atoms with Gasteiger partial charge >= 0.3 is 0 Å². The minimum atomic E-state index is -0.741. The van der Waals surface area contributed by atoms with Crippen molar-refractivity contribution < 1.29 is 9.47 Å². The van der Waals surface area contributed by atoms with Crippen LogP contribution in [0, 0.1) is 0 Å². The molecule has 0 saturated carbocycles. The number of ether oxygens (including phenoxy) is 2. The van der Waals surface area contributed by atoms with E-state index in [1.807, 2.05) is 6.92 Å². The number of hydrogen-bond donors (Lipinski definition) is 0. The van der Waals surface area contributed by atoms with Gasteiger partial charge < -0.3 is 9.47 Å². The second kappa shape index (κ2) is 3.82. The molecule has 0 aliphatic carbocycles. The van der Waals surface area contributed by atoms with E-state index in [0.29, 0.717) is 6.61 Å². The molecule has 1 radical (unpaired) electrons. The summed E-state index contributed by atoms with van der Waals surface area (Å²) in [5.41, 5.74) is 0. The first-order valence-electron chi connectivity index (χ1n) is 2.98. The smallest absolute Gasteiger partial charge is 0.239 e. The zero-order chi connectivity index (χ0) is 7.33. The first-order chi connectivity index (χ1) is 4.18. The van der Waals surface area contributed by atoms with E-state index in [-0.39, 0.29) is 0 Å². The number of methoxy groups -OCH3 is 1. The average molecular weight is 132 g/mol. The maximum absolute atomic E-state index is 5.14. The fourth-order valence-corrected chi connectivity index (χ4v) is 0.483. The molecule has 3 nitrogen and oxygen atoms in total. The zero-order valence-corrected chi connectivity index (χ0v) is 6.47. The van der Waals surface area contributed by atoms with Gasteiger partial charge in [-0.25, -0.2) is 0 Å². The van der Waals surface area contributed by atoms with E-state index in [2.05, 4.69) is 5.32 Å². The van der Waals surface area contributed by atoms with E-state index in [4.69, 9.17) is 9.47 Å². The Labute approximate surface area is 56.3 Å². The summed E-state index contributed by atoms with van der Waals surface area (Å²) in [5.74, 6) is -0.741. The second-order valence-electron chi connectivity index (χ2n) is 1.76. The Balaban J connectivity index is 3.62. The van der Waals surface area contributed by atoms with Crippen molar-refractivity contribution in [2.75, 3.05) is 20.8 Å². The summed E-state index contributed by atoms with van der Waals surface area (Å²) in [4.78, 5) is 0. The lowest BCUT2D eigenvalue weighted by Gasteiger charge is -2.24. The monoisotopic (exact) mass is 132 g/mol. The van der Waals surface area contributed by atoms with Crippen LogP contribution in [-0.2, 0) is 9.47 Å². The van der Waals surface area contributed by atoms with E-state index < -0.39 is 5.91 Å². The molecular formula is C6H14NO2. The van der Waals surface area contributed by atoms with E-state index >= 15 is 0 Å². The van der Waals surface area contributed by atoms with Crippen molar-refractivity contribution in [3.8, 4) is 0 Å². The summed E-state index contributed by atoms with van der Waals surface area (Å²) < 4.78 is 10.1. The predicted molar refractivity (Wildman–Crippen MR) is 35.1 cm³/mol. The van der Waals surface area contributed by atoms with Crippen LogP contribution in [0.3, 0.4) is 0 Å².